The van der Waals surface area contributed by atoms with Crippen molar-refractivity contribution in [3.05, 3.63) is 35.9 Å². The number of rotatable bonds is 3. The predicted molar refractivity (Wildman–Crippen MR) is 63.0 cm³/mol. The van der Waals surface area contributed by atoms with Crippen LogP contribution in [0.15, 0.2) is 30.3 Å². The van der Waals surface area contributed by atoms with Crippen LogP contribution in [0.4, 0.5) is 0 Å². The van der Waals surface area contributed by atoms with Gasteiger partial charge in [-0.25, -0.2) is 4.79 Å². The molecule has 3 heteroatoms. The van der Waals surface area contributed by atoms with Crippen LogP contribution in [0.25, 0.3) is 0 Å². The lowest BCUT2D eigenvalue weighted by atomic mass is 10.1. The van der Waals surface area contributed by atoms with Gasteiger partial charge in [0.1, 0.15) is 6.10 Å². The SMILES string of the molecule is C#CC(=O)OC(CI)c1ccccc1. The molecule has 1 rings (SSSR count). The average molecular weight is 300 g/mol. The third kappa shape index (κ3) is 3.04. The summed E-state index contributed by atoms with van der Waals surface area (Å²) in [5.41, 5.74) is 0.963. The second kappa shape index (κ2) is 5.66. The zero-order chi connectivity index (χ0) is 10.4. The molecular formula is C11H9IO2. The summed E-state index contributed by atoms with van der Waals surface area (Å²) >= 11 is 2.16. The molecule has 0 saturated carbocycles. The first-order chi connectivity index (χ1) is 6.77. The van der Waals surface area contributed by atoms with Gasteiger partial charge < -0.3 is 4.74 Å². The Morgan fingerprint density at radius 3 is 2.64 bits per heavy atom. The maximum absolute atomic E-state index is 10.9. The van der Waals surface area contributed by atoms with Gasteiger partial charge in [0, 0.05) is 10.3 Å². The van der Waals surface area contributed by atoms with E-state index in [0.29, 0.717) is 4.43 Å². The molecule has 2 nitrogen and oxygen atoms in total. The van der Waals surface area contributed by atoms with Gasteiger partial charge in [-0.3, -0.25) is 0 Å². The molecule has 72 valence electrons. The van der Waals surface area contributed by atoms with Crippen molar-refractivity contribution in [3.8, 4) is 12.3 Å². The van der Waals surface area contributed by atoms with Gasteiger partial charge in [-0.2, -0.15) is 0 Å². The van der Waals surface area contributed by atoms with Gasteiger partial charge in [0.2, 0.25) is 0 Å². The van der Waals surface area contributed by atoms with Crippen molar-refractivity contribution in [1.29, 1.82) is 0 Å². The Balaban J connectivity index is 2.74. The van der Waals surface area contributed by atoms with E-state index >= 15 is 0 Å². The van der Waals surface area contributed by atoms with Crippen LogP contribution in [0.5, 0.6) is 0 Å². The highest BCUT2D eigenvalue weighted by Gasteiger charge is 2.13. The van der Waals surface area contributed by atoms with Crippen LogP contribution in [-0.2, 0) is 9.53 Å². The van der Waals surface area contributed by atoms with Crippen LogP contribution in [0.1, 0.15) is 11.7 Å². The number of alkyl halides is 1. The van der Waals surface area contributed by atoms with E-state index in [4.69, 9.17) is 11.2 Å². The quantitative estimate of drug-likeness (QED) is 0.282. The fourth-order valence-electron chi connectivity index (χ4n) is 1.02. The number of esters is 1. The number of benzene rings is 1. The van der Waals surface area contributed by atoms with Crippen molar-refractivity contribution in [2.45, 2.75) is 6.10 Å². The largest absolute Gasteiger partial charge is 0.447 e. The molecule has 1 unspecified atom stereocenters. The Bertz CT molecular complexity index is 340. The van der Waals surface area contributed by atoms with E-state index in [-0.39, 0.29) is 6.10 Å². The first kappa shape index (κ1) is 11.1. The molecule has 0 aromatic heterocycles. The molecule has 0 radical (unpaired) electrons. The van der Waals surface area contributed by atoms with Gasteiger partial charge in [-0.1, -0.05) is 52.9 Å². The van der Waals surface area contributed by atoms with Crippen LogP contribution in [0.2, 0.25) is 0 Å². The molecule has 0 N–H and O–H groups in total. The van der Waals surface area contributed by atoms with Crippen LogP contribution in [0, 0.1) is 12.3 Å². The van der Waals surface area contributed by atoms with E-state index in [2.05, 4.69) is 22.6 Å². The molecule has 1 aromatic carbocycles. The smallest absolute Gasteiger partial charge is 0.384 e. The Kier molecular flexibility index (Phi) is 4.47. The Morgan fingerprint density at radius 2 is 2.14 bits per heavy atom. The highest BCUT2D eigenvalue weighted by atomic mass is 127. The minimum Gasteiger partial charge on any atom is -0.447 e. The van der Waals surface area contributed by atoms with E-state index in [0.717, 1.165) is 5.56 Å². The summed E-state index contributed by atoms with van der Waals surface area (Å²) in [6, 6.07) is 9.54. The maximum atomic E-state index is 10.9. The summed E-state index contributed by atoms with van der Waals surface area (Å²) in [5, 5.41) is 0. The van der Waals surface area contributed by atoms with Crippen molar-refractivity contribution in [2.75, 3.05) is 4.43 Å². The fraction of sp³-hybridized carbons (Fsp3) is 0.182. The highest BCUT2D eigenvalue weighted by Crippen LogP contribution is 2.19. The van der Waals surface area contributed by atoms with Gasteiger partial charge in [0.25, 0.3) is 0 Å². The first-order valence-corrected chi connectivity index (χ1v) is 5.58. The van der Waals surface area contributed by atoms with Crippen molar-refractivity contribution in [3.63, 3.8) is 0 Å². The molecule has 0 saturated heterocycles. The van der Waals surface area contributed by atoms with E-state index in [1.54, 1.807) is 0 Å². The van der Waals surface area contributed by atoms with Crippen molar-refractivity contribution >= 4 is 28.6 Å². The Hall–Kier alpha value is -1.02. The molecule has 0 bridgehead atoms. The summed E-state index contributed by atoms with van der Waals surface area (Å²) in [6.07, 6.45) is 4.68. The van der Waals surface area contributed by atoms with Gasteiger partial charge in [-0.15, -0.1) is 6.42 Å². The molecule has 0 aliphatic rings. The topological polar surface area (TPSA) is 26.3 Å². The van der Waals surface area contributed by atoms with Crippen molar-refractivity contribution in [2.24, 2.45) is 0 Å². The molecule has 1 aromatic rings. The number of halogens is 1. The average Bonchev–Trinajstić information content (AvgIpc) is 2.26. The normalized spacial score (nSPS) is 11.4. The monoisotopic (exact) mass is 300 g/mol. The second-order valence-electron chi connectivity index (χ2n) is 2.60. The van der Waals surface area contributed by atoms with Crippen molar-refractivity contribution in [1.82, 2.24) is 0 Å². The lowest BCUT2D eigenvalue weighted by molar-refractivity contribution is -0.141. The van der Waals surface area contributed by atoms with E-state index in [1.807, 2.05) is 36.3 Å². The number of hydrogen-bond acceptors (Lipinski definition) is 2. The lowest BCUT2D eigenvalue weighted by Crippen LogP contribution is -2.10. The molecule has 14 heavy (non-hydrogen) atoms. The standard InChI is InChI=1S/C11H9IO2/c1-2-11(13)14-10(8-12)9-6-4-3-5-7-9/h1,3-7,10H,8H2. The number of carbonyl (C=O) groups is 1. The second-order valence-corrected chi connectivity index (χ2v) is 3.48. The number of terminal acetylenes is 1. The molecule has 0 heterocycles. The lowest BCUT2D eigenvalue weighted by Gasteiger charge is -2.13. The van der Waals surface area contributed by atoms with Crippen LogP contribution >= 0.6 is 22.6 Å². The van der Waals surface area contributed by atoms with Crippen molar-refractivity contribution < 1.29 is 9.53 Å². The van der Waals surface area contributed by atoms with Crippen LogP contribution in [0.3, 0.4) is 0 Å². The summed E-state index contributed by atoms with van der Waals surface area (Å²) in [7, 11) is 0. The Morgan fingerprint density at radius 1 is 1.50 bits per heavy atom. The summed E-state index contributed by atoms with van der Waals surface area (Å²) in [6.45, 7) is 0. The molecule has 0 amide bonds. The number of ether oxygens (including phenoxy) is 1. The maximum Gasteiger partial charge on any atom is 0.384 e. The van der Waals surface area contributed by atoms with Gasteiger partial charge in [0.05, 0.1) is 0 Å². The highest BCUT2D eigenvalue weighted by molar-refractivity contribution is 14.1. The fourth-order valence-corrected chi connectivity index (χ4v) is 1.71. The number of carbonyl (C=O) groups excluding carboxylic acids is 1. The van der Waals surface area contributed by atoms with Gasteiger partial charge in [-0.05, 0) is 5.56 Å². The third-order valence-corrected chi connectivity index (χ3v) is 2.48. The molecule has 0 spiro atoms. The molecular weight excluding hydrogens is 291 g/mol. The minimum absolute atomic E-state index is 0.250. The molecule has 0 aliphatic heterocycles. The predicted octanol–water partition coefficient (Wildman–Crippen LogP) is 2.34. The van der Waals surface area contributed by atoms with E-state index in [9.17, 15) is 4.79 Å². The third-order valence-electron chi connectivity index (χ3n) is 1.68. The zero-order valence-corrected chi connectivity index (χ0v) is 9.60. The molecule has 1 atom stereocenters. The van der Waals surface area contributed by atoms with Crippen LogP contribution < -0.4 is 0 Å². The molecule has 0 fully saturated rings. The Labute approximate surface area is 96.8 Å². The van der Waals surface area contributed by atoms with Crippen LogP contribution in [-0.4, -0.2) is 10.4 Å². The molecule has 0 aliphatic carbocycles. The summed E-state index contributed by atoms with van der Waals surface area (Å²) in [5.74, 6) is 1.32. The summed E-state index contributed by atoms with van der Waals surface area (Å²) < 4.78 is 5.74. The van der Waals surface area contributed by atoms with E-state index in [1.165, 1.54) is 0 Å². The van der Waals surface area contributed by atoms with E-state index < -0.39 is 5.97 Å². The summed E-state index contributed by atoms with van der Waals surface area (Å²) in [4.78, 5) is 10.9. The zero-order valence-electron chi connectivity index (χ0n) is 7.44. The number of hydrogen-bond donors (Lipinski definition) is 0. The van der Waals surface area contributed by atoms with Gasteiger partial charge >= 0.3 is 5.97 Å². The van der Waals surface area contributed by atoms with Gasteiger partial charge in [0.15, 0.2) is 0 Å². The first-order valence-electron chi connectivity index (χ1n) is 4.06. The minimum atomic E-state index is -0.615.